The molecule has 1 heterocycles. The second kappa shape index (κ2) is 7.49. The molecule has 0 spiro atoms. The number of nitro benzene ring substituents is 1. The van der Waals surface area contributed by atoms with Gasteiger partial charge in [0.05, 0.1) is 4.92 Å². The summed E-state index contributed by atoms with van der Waals surface area (Å²) in [6.45, 7) is 6.14. The van der Waals surface area contributed by atoms with E-state index < -0.39 is 20.6 Å². The average Bonchev–Trinajstić information content (AvgIpc) is 2.57. The van der Waals surface area contributed by atoms with Crippen molar-refractivity contribution in [2.24, 2.45) is 5.92 Å². The number of nitrogens with zero attached hydrogens (tertiary/aromatic N) is 2. The van der Waals surface area contributed by atoms with Crippen molar-refractivity contribution in [1.82, 2.24) is 9.62 Å². The lowest BCUT2D eigenvalue weighted by molar-refractivity contribution is -0.387. The van der Waals surface area contributed by atoms with Crippen LogP contribution in [0.5, 0.6) is 0 Å². The Bertz CT molecular complexity index is 783. The number of piperidine rings is 1. The summed E-state index contributed by atoms with van der Waals surface area (Å²) in [5.74, 6) is -0.294. The average molecular weight is 369 g/mol. The fraction of sp³-hybridized carbons (Fsp3) is 0.562. The van der Waals surface area contributed by atoms with Gasteiger partial charge in [-0.3, -0.25) is 14.9 Å². The van der Waals surface area contributed by atoms with E-state index in [0.29, 0.717) is 30.5 Å². The number of nitrogens with one attached hydrogen (secondary N) is 1. The summed E-state index contributed by atoms with van der Waals surface area (Å²) in [7, 11) is -3.98. The molecule has 0 aliphatic carbocycles. The first kappa shape index (κ1) is 19.3. The van der Waals surface area contributed by atoms with Crippen LogP contribution in [0.1, 0.15) is 30.9 Å². The Morgan fingerprint density at radius 2 is 1.84 bits per heavy atom. The van der Waals surface area contributed by atoms with Crippen molar-refractivity contribution in [2.45, 2.75) is 38.5 Å². The monoisotopic (exact) mass is 369 g/mol. The maximum atomic E-state index is 12.9. The molecule has 1 fully saturated rings. The molecule has 2 rings (SSSR count). The summed E-state index contributed by atoms with van der Waals surface area (Å²) in [4.78, 5) is 22.2. The number of rotatable bonds is 5. The van der Waals surface area contributed by atoms with Gasteiger partial charge in [-0.2, -0.15) is 4.31 Å². The number of carbonyl (C=O) groups excluding carboxylic acids is 1. The third kappa shape index (κ3) is 3.98. The molecule has 0 bridgehead atoms. The Kier molecular flexibility index (Phi) is 5.79. The molecule has 0 atom stereocenters. The van der Waals surface area contributed by atoms with E-state index in [2.05, 4.69) is 5.32 Å². The van der Waals surface area contributed by atoms with Crippen molar-refractivity contribution in [3.05, 3.63) is 33.4 Å². The van der Waals surface area contributed by atoms with E-state index >= 15 is 0 Å². The van der Waals surface area contributed by atoms with Crippen LogP contribution in [0.25, 0.3) is 0 Å². The first-order valence-electron chi connectivity index (χ1n) is 8.22. The van der Waals surface area contributed by atoms with Crippen molar-refractivity contribution < 1.29 is 18.1 Å². The maximum Gasteiger partial charge on any atom is 0.289 e. The Hall–Kier alpha value is -2.00. The predicted octanol–water partition coefficient (Wildman–Crippen LogP) is 1.75. The lowest BCUT2D eigenvalue weighted by Crippen LogP contribution is -2.43. The van der Waals surface area contributed by atoms with Gasteiger partial charge in [0, 0.05) is 31.6 Å². The Labute approximate surface area is 147 Å². The van der Waals surface area contributed by atoms with Gasteiger partial charge in [0.25, 0.3) is 5.69 Å². The second-order valence-electron chi connectivity index (χ2n) is 6.23. The number of hydrogen-bond donors (Lipinski definition) is 1. The normalized spacial score (nSPS) is 16.6. The number of amides is 1. The zero-order valence-corrected chi connectivity index (χ0v) is 15.4. The third-order valence-corrected chi connectivity index (χ3v) is 6.49. The standard InChI is InChI=1S/C16H23N3O5S/c1-4-17-16(20)13-5-7-18(8-6-13)25(23,24)15-10-12(3)11(2)9-14(15)19(21)22/h9-10,13H,4-8H2,1-3H3,(H,17,20). The summed E-state index contributed by atoms with van der Waals surface area (Å²) in [6.07, 6.45) is 0.813. The molecule has 1 N–H and O–H groups in total. The molecule has 8 nitrogen and oxygen atoms in total. The Morgan fingerprint density at radius 3 is 2.36 bits per heavy atom. The van der Waals surface area contributed by atoms with Crippen LogP contribution >= 0.6 is 0 Å². The van der Waals surface area contributed by atoms with Crippen LogP contribution < -0.4 is 5.32 Å². The topological polar surface area (TPSA) is 110 Å². The minimum atomic E-state index is -3.98. The number of sulfonamides is 1. The predicted molar refractivity (Wildman–Crippen MR) is 92.7 cm³/mol. The first-order chi connectivity index (χ1) is 11.7. The highest BCUT2D eigenvalue weighted by Gasteiger charge is 2.36. The van der Waals surface area contributed by atoms with E-state index in [1.807, 2.05) is 6.92 Å². The first-order valence-corrected chi connectivity index (χ1v) is 9.66. The highest BCUT2D eigenvalue weighted by molar-refractivity contribution is 7.89. The number of benzene rings is 1. The molecule has 1 aromatic rings. The Balaban J connectivity index is 2.28. The van der Waals surface area contributed by atoms with Crippen LogP contribution in [0.3, 0.4) is 0 Å². The summed E-state index contributed by atoms with van der Waals surface area (Å²) >= 11 is 0. The molecule has 138 valence electrons. The summed E-state index contributed by atoms with van der Waals surface area (Å²) in [5.41, 5.74) is 0.941. The molecule has 1 aliphatic rings. The van der Waals surface area contributed by atoms with Gasteiger partial charge in [0.2, 0.25) is 15.9 Å². The summed E-state index contributed by atoms with van der Waals surface area (Å²) in [6, 6.07) is 2.66. The lowest BCUT2D eigenvalue weighted by atomic mass is 9.97. The molecule has 0 saturated carbocycles. The van der Waals surface area contributed by atoms with Crippen LogP contribution in [0.2, 0.25) is 0 Å². The van der Waals surface area contributed by atoms with Gasteiger partial charge in [0.1, 0.15) is 0 Å². The van der Waals surface area contributed by atoms with Gasteiger partial charge in [0.15, 0.2) is 4.90 Å². The fourth-order valence-electron chi connectivity index (χ4n) is 2.94. The molecule has 9 heteroatoms. The van der Waals surface area contributed by atoms with Gasteiger partial charge >= 0.3 is 0 Å². The number of aryl methyl sites for hydroxylation is 2. The van der Waals surface area contributed by atoms with Gasteiger partial charge in [-0.15, -0.1) is 0 Å². The van der Waals surface area contributed by atoms with Crippen LogP contribution in [0, 0.1) is 29.9 Å². The van der Waals surface area contributed by atoms with Crippen LogP contribution in [0.15, 0.2) is 17.0 Å². The van der Waals surface area contributed by atoms with Crippen molar-refractivity contribution in [3.63, 3.8) is 0 Å². The van der Waals surface area contributed by atoms with Crippen molar-refractivity contribution in [3.8, 4) is 0 Å². The van der Waals surface area contributed by atoms with Crippen molar-refractivity contribution in [1.29, 1.82) is 0 Å². The number of nitro groups is 1. The molecule has 0 unspecified atom stereocenters. The van der Waals surface area contributed by atoms with E-state index in [1.165, 1.54) is 16.4 Å². The van der Waals surface area contributed by atoms with E-state index in [9.17, 15) is 23.3 Å². The van der Waals surface area contributed by atoms with Gasteiger partial charge in [-0.25, -0.2) is 8.42 Å². The van der Waals surface area contributed by atoms with E-state index in [0.717, 1.165) is 0 Å². The maximum absolute atomic E-state index is 12.9. The second-order valence-corrected chi connectivity index (χ2v) is 8.14. The summed E-state index contributed by atoms with van der Waals surface area (Å²) < 4.78 is 27.0. The quantitative estimate of drug-likeness (QED) is 0.628. The molecule has 1 amide bonds. The smallest absolute Gasteiger partial charge is 0.289 e. The molecular formula is C16H23N3O5S. The van der Waals surface area contributed by atoms with Crippen LogP contribution in [-0.4, -0.2) is 43.2 Å². The molecule has 1 saturated heterocycles. The molecule has 0 aromatic heterocycles. The fourth-order valence-corrected chi connectivity index (χ4v) is 4.63. The molecule has 25 heavy (non-hydrogen) atoms. The van der Waals surface area contributed by atoms with E-state index in [4.69, 9.17) is 0 Å². The molecule has 1 aromatic carbocycles. The van der Waals surface area contributed by atoms with E-state index in [1.54, 1.807) is 13.8 Å². The summed E-state index contributed by atoms with van der Waals surface area (Å²) in [5, 5.41) is 14.0. The number of hydrogen-bond acceptors (Lipinski definition) is 5. The SMILES string of the molecule is CCNC(=O)C1CCN(S(=O)(=O)c2cc(C)c(C)cc2[N+](=O)[O-])CC1. The van der Waals surface area contributed by atoms with Crippen molar-refractivity contribution in [2.75, 3.05) is 19.6 Å². The Morgan fingerprint density at radius 1 is 1.28 bits per heavy atom. The zero-order valence-electron chi connectivity index (χ0n) is 14.6. The number of carbonyl (C=O) groups is 1. The minimum absolute atomic E-state index is 0.0725. The van der Waals surface area contributed by atoms with E-state index in [-0.39, 0.29) is 29.8 Å². The van der Waals surface area contributed by atoms with Crippen LogP contribution in [0.4, 0.5) is 5.69 Å². The minimum Gasteiger partial charge on any atom is -0.356 e. The zero-order chi connectivity index (χ0) is 18.8. The van der Waals surface area contributed by atoms with Gasteiger partial charge in [-0.05, 0) is 50.8 Å². The highest BCUT2D eigenvalue weighted by atomic mass is 32.2. The van der Waals surface area contributed by atoms with Gasteiger partial charge in [-0.1, -0.05) is 0 Å². The third-order valence-electron chi connectivity index (χ3n) is 4.57. The highest BCUT2D eigenvalue weighted by Crippen LogP contribution is 2.31. The lowest BCUT2D eigenvalue weighted by Gasteiger charge is -2.30. The largest absolute Gasteiger partial charge is 0.356 e. The molecular weight excluding hydrogens is 346 g/mol. The molecule has 0 radical (unpaired) electrons. The van der Waals surface area contributed by atoms with Gasteiger partial charge < -0.3 is 5.32 Å². The van der Waals surface area contributed by atoms with Crippen molar-refractivity contribution >= 4 is 21.6 Å². The molecule has 1 aliphatic heterocycles. The van der Waals surface area contributed by atoms with Crippen LogP contribution in [-0.2, 0) is 14.8 Å².